The third-order valence-electron chi connectivity index (χ3n) is 5.19. The summed E-state index contributed by atoms with van der Waals surface area (Å²) >= 11 is 0. The van der Waals surface area contributed by atoms with Crippen LogP contribution in [0.4, 0.5) is 18.9 Å². The number of nitrogens with zero attached hydrogens (tertiary/aromatic N) is 1. The average molecular weight is 485 g/mol. The Kier molecular flexibility index (Phi) is 7.28. The number of alkyl halides is 3. The van der Waals surface area contributed by atoms with E-state index in [0.29, 0.717) is 32.0 Å². The smallest absolute Gasteiger partial charge is 0.369 e. The highest BCUT2D eigenvalue weighted by molar-refractivity contribution is 7.92. The maximum atomic E-state index is 13.0. The number of anilines is 1. The zero-order valence-corrected chi connectivity index (χ0v) is 18.2. The molecule has 2 amide bonds. The molecule has 0 radical (unpaired) electrons. The first-order valence-corrected chi connectivity index (χ1v) is 11.5. The van der Waals surface area contributed by atoms with E-state index in [1.54, 1.807) is 6.07 Å². The van der Waals surface area contributed by atoms with Crippen molar-refractivity contribution >= 4 is 27.5 Å². The van der Waals surface area contributed by atoms with Gasteiger partial charge in [0, 0.05) is 19.1 Å². The first-order chi connectivity index (χ1) is 15.5. The van der Waals surface area contributed by atoms with Crippen LogP contribution in [0.5, 0.6) is 0 Å². The van der Waals surface area contributed by atoms with Gasteiger partial charge in [-0.15, -0.1) is 0 Å². The Morgan fingerprint density at radius 3 is 2.36 bits per heavy atom. The molecule has 8 nitrogen and oxygen atoms in total. The van der Waals surface area contributed by atoms with Gasteiger partial charge in [-0.2, -0.15) is 13.2 Å². The Hall–Kier alpha value is -3.12. The molecule has 33 heavy (non-hydrogen) atoms. The normalized spacial score (nSPS) is 15.7. The fourth-order valence-corrected chi connectivity index (χ4v) is 4.66. The van der Waals surface area contributed by atoms with Crippen molar-refractivity contribution in [2.45, 2.75) is 30.0 Å². The van der Waals surface area contributed by atoms with Crippen LogP contribution in [0.2, 0.25) is 0 Å². The zero-order valence-electron chi connectivity index (χ0n) is 17.4. The monoisotopic (exact) mass is 484 g/mol. The number of primary amides is 1. The number of rotatable bonds is 7. The maximum absolute atomic E-state index is 13.0. The highest BCUT2D eigenvalue weighted by Crippen LogP contribution is 2.31. The van der Waals surface area contributed by atoms with Gasteiger partial charge in [-0.25, -0.2) is 8.42 Å². The molecule has 0 atom stereocenters. The third-order valence-corrected chi connectivity index (χ3v) is 6.55. The van der Waals surface area contributed by atoms with E-state index in [4.69, 9.17) is 5.73 Å². The molecule has 0 unspecified atom stereocenters. The number of piperidine rings is 1. The standard InChI is InChI=1S/C21H23F3N4O4S/c22-21(23,24)14-4-3-5-16(12-14)33(31,32)27-18-7-2-1-6-17(18)20(30)26-15-8-10-28(11-9-15)13-19(25)29/h1-7,12,15,27H,8-11,13H2,(H2,25,29)(H,26,30). The number of carbonyl (C=O) groups excluding carboxylic acids is 2. The minimum absolute atomic E-state index is 0.0348. The van der Waals surface area contributed by atoms with Gasteiger partial charge in [0.05, 0.1) is 28.3 Å². The Balaban J connectivity index is 1.73. The minimum Gasteiger partial charge on any atom is -0.369 e. The van der Waals surface area contributed by atoms with Crippen LogP contribution >= 0.6 is 0 Å². The summed E-state index contributed by atoms with van der Waals surface area (Å²) < 4.78 is 66.5. The molecule has 1 saturated heterocycles. The Labute approximate surface area is 189 Å². The van der Waals surface area contributed by atoms with Crippen LogP contribution < -0.4 is 15.8 Å². The summed E-state index contributed by atoms with van der Waals surface area (Å²) in [6, 6.07) is 8.99. The molecule has 1 aliphatic heterocycles. The Morgan fingerprint density at radius 1 is 1.06 bits per heavy atom. The second-order valence-electron chi connectivity index (χ2n) is 7.67. The van der Waals surface area contributed by atoms with E-state index in [1.807, 2.05) is 4.90 Å². The van der Waals surface area contributed by atoms with E-state index in [2.05, 4.69) is 10.0 Å². The van der Waals surface area contributed by atoms with Gasteiger partial charge in [0.15, 0.2) is 0 Å². The van der Waals surface area contributed by atoms with Crippen LogP contribution in [0.1, 0.15) is 28.8 Å². The van der Waals surface area contributed by atoms with Gasteiger partial charge in [-0.1, -0.05) is 18.2 Å². The summed E-state index contributed by atoms with van der Waals surface area (Å²) in [7, 11) is -4.38. The number of amides is 2. The molecule has 178 valence electrons. The molecule has 4 N–H and O–H groups in total. The maximum Gasteiger partial charge on any atom is 0.416 e. The van der Waals surface area contributed by atoms with Crippen LogP contribution in [0.15, 0.2) is 53.4 Å². The molecule has 1 aliphatic rings. The first-order valence-electron chi connectivity index (χ1n) is 10.1. The summed E-state index contributed by atoms with van der Waals surface area (Å²) in [6.07, 6.45) is -3.54. The molecule has 12 heteroatoms. The van der Waals surface area contributed by atoms with Crippen molar-refractivity contribution in [1.82, 2.24) is 10.2 Å². The van der Waals surface area contributed by atoms with Crippen molar-refractivity contribution in [3.05, 3.63) is 59.7 Å². The number of sulfonamides is 1. The molecule has 0 aromatic heterocycles. The van der Waals surface area contributed by atoms with Crippen LogP contribution in [0, 0.1) is 0 Å². The van der Waals surface area contributed by atoms with Crippen LogP contribution in [-0.4, -0.2) is 50.8 Å². The van der Waals surface area contributed by atoms with Gasteiger partial charge in [0.2, 0.25) is 5.91 Å². The molecule has 1 fully saturated rings. The van der Waals surface area contributed by atoms with Gasteiger partial charge in [-0.05, 0) is 43.2 Å². The van der Waals surface area contributed by atoms with E-state index in [0.717, 1.165) is 18.2 Å². The average Bonchev–Trinajstić information content (AvgIpc) is 2.74. The number of likely N-dealkylation sites (tertiary alicyclic amines) is 1. The molecule has 2 aromatic rings. The zero-order chi connectivity index (χ0) is 24.2. The van der Waals surface area contributed by atoms with Crippen LogP contribution in [-0.2, 0) is 21.0 Å². The van der Waals surface area contributed by atoms with Crippen molar-refractivity contribution in [2.75, 3.05) is 24.4 Å². The third kappa shape index (κ3) is 6.45. The number of halogens is 3. The van der Waals surface area contributed by atoms with Gasteiger partial charge in [0.1, 0.15) is 0 Å². The second-order valence-corrected chi connectivity index (χ2v) is 9.35. The van der Waals surface area contributed by atoms with Gasteiger partial charge < -0.3 is 11.1 Å². The van der Waals surface area contributed by atoms with Crippen LogP contribution in [0.3, 0.4) is 0 Å². The lowest BCUT2D eigenvalue weighted by atomic mass is 10.0. The summed E-state index contributed by atoms with van der Waals surface area (Å²) in [6.45, 7) is 1.27. The van der Waals surface area contributed by atoms with E-state index in [-0.39, 0.29) is 23.8 Å². The largest absolute Gasteiger partial charge is 0.416 e. The molecule has 3 rings (SSSR count). The second kappa shape index (κ2) is 9.79. The minimum atomic E-state index is -4.70. The molecular formula is C21H23F3N4O4S. The van der Waals surface area contributed by atoms with Crippen molar-refractivity contribution in [1.29, 1.82) is 0 Å². The SMILES string of the molecule is NC(=O)CN1CCC(NC(=O)c2ccccc2NS(=O)(=O)c2cccc(C(F)(F)F)c2)CC1. The summed E-state index contributed by atoms with van der Waals surface area (Å²) in [5, 5.41) is 2.84. The number of hydrogen-bond acceptors (Lipinski definition) is 5. The lowest BCUT2D eigenvalue weighted by molar-refractivity contribution is -0.137. The van der Waals surface area contributed by atoms with Crippen molar-refractivity contribution in [3.63, 3.8) is 0 Å². The van der Waals surface area contributed by atoms with Crippen molar-refractivity contribution in [2.24, 2.45) is 5.73 Å². The van der Waals surface area contributed by atoms with Crippen molar-refractivity contribution in [3.8, 4) is 0 Å². The van der Waals surface area contributed by atoms with Gasteiger partial charge >= 0.3 is 6.18 Å². The molecule has 0 bridgehead atoms. The van der Waals surface area contributed by atoms with E-state index in [9.17, 15) is 31.2 Å². The predicted molar refractivity (Wildman–Crippen MR) is 115 cm³/mol. The number of hydrogen-bond donors (Lipinski definition) is 3. The van der Waals surface area contributed by atoms with Gasteiger partial charge in [-0.3, -0.25) is 19.2 Å². The predicted octanol–water partition coefficient (Wildman–Crippen LogP) is 2.19. The number of nitrogens with one attached hydrogen (secondary N) is 2. The number of benzene rings is 2. The highest BCUT2D eigenvalue weighted by atomic mass is 32.2. The van der Waals surface area contributed by atoms with Crippen molar-refractivity contribution < 1.29 is 31.2 Å². The molecule has 0 saturated carbocycles. The van der Waals surface area contributed by atoms with Crippen LogP contribution in [0.25, 0.3) is 0 Å². The van der Waals surface area contributed by atoms with E-state index >= 15 is 0 Å². The van der Waals surface area contributed by atoms with E-state index in [1.165, 1.54) is 18.2 Å². The number of para-hydroxylation sites is 1. The Bertz CT molecular complexity index is 1130. The molecule has 0 aliphatic carbocycles. The fourth-order valence-electron chi connectivity index (χ4n) is 3.53. The fraction of sp³-hybridized carbons (Fsp3) is 0.333. The lowest BCUT2D eigenvalue weighted by Crippen LogP contribution is -2.46. The number of nitrogens with two attached hydrogens (primary N) is 1. The quantitative estimate of drug-likeness (QED) is 0.556. The lowest BCUT2D eigenvalue weighted by Gasteiger charge is -2.31. The molecular weight excluding hydrogens is 461 g/mol. The highest BCUT2D eigenvalue weighted by Gasteiger charge is 2.32. The summed E-state index contributed by atoms with van der Waals surface area (Å²) in [4.78, 5) is 25.2. The molecule has 1 heterocycles. The number of carbonyl (C=O) groups is 2. The molecule has 0 spiro atoms. The van der Waals surface area contributed by atoms with Gasteiger partial charge in [0.25, 0.3) is 15.9 Å². The molecule has 2 aromatic carbocycles. The first kappa shape index (κ1) is 24.5. The summed E-state index contributed by atoms with van der Waals surface area (Å²) in [5.74, 6) is -0.954. The summed E-state index contributed by atoms with van der Waals surface area (Å²) in [5.41, 5.74) is 4.07. The Morgan fingerprint density at radius 2 is 1.73 bits per heavy atom. The topological polar surface area (TPSA) is 122 Å². The van der Waals surface area contributed by atoms with E-state index < -0.39 is 38.5 Å².